The maximum atomic E-state index is 12.7. The largest absolute Gasteiger partial charge is 0.272 e. The molecule has 3 aromatic carbocycles. The first-order valence-electron chi connectivity index (χ1n) is 11.7. The van der Waals surface area contributed by atoms with E-state index in [4.69, 9.17) is 0 Å². The Balaban J connectivity index is 1.34. The van der Waals surface area contributed by atoms with E-state index in [2.05, 4.69) is 46.7 Å². The minimum atomic E-state index is -0.164. The number of hydrazone groups is 1. The van der Waals surface area contributed by atoms with Gasteiger partial charge in [0.25, 0.3) is 5.91 Å². The average Bonchev–Trinajstić information content (AvgIpc) is 3.31. The minimum absolute atomic E-state index is 0.164. The molecule has 0 saturated heterocycles. The first-order valence-corrected chi connectivity index (χ1v) is 12.7. The number of nitrogens with zero attached hydrogens (tertiary/aromatic N) is 4. The maximum Gasteiger partial charge on any atom is 0.250 e. The Labute approximate surface area is 209 Å². The van der Waals surface area contributed by atoms with Gasteiger partial charge in [-0.1, -0.05) is 71.9 Å². The van der Waals surface area contributed by atoms with Gasteiger partial charge in [0.05, 0.1) is 11.5 Å². The number of aromatic nitrogens is 3. The molecule has 7 heteroatoms. The molecule has 1 amide bonds. The van der Waals surface area contributed by atoms with Crippen molar-refractivity contribution in [3.63, 3.8) is 0 Å². The number of hydrogen-bond acceptors (Lipinski definition) is 5. The Hall–Kier alpha value is -3.71. The van der Waals surface area contributed by atoms with Crippen LogP contribution in [0.15, 0.2) is 83.1 Å². The fourth-order valence-corrected chi connectivity index (χ4v) is 5.25. The molecule has 0 atom stereocenters. The van der Waals surface area contributed by atoms with Gasteiger partial charge in [-0.05, 0) is 62.4 Å². The molecule has 0 unspecified atom stereocenters. The second kappa shape index (κ2) is 10.3. The molecule has 1 aromatic heterocycles. The summed E-state index contributed by atoms with van der Waals surface area (Å²) in [6, 6.07) is 24.3. The van der Waals surface area contributed by atoms with Gasteiger partial charge in [0, 0.05) is 16.8 Å². The van der Waals surface area contributed by atoms with Crippen LogP contribution in [0.3, 0.4) is 0 Å². The van der Waals surface area contributed by atoms with Crippen molar-refractivity contribution in [3.05, 3.63) is 95.1 Å². The highest BCUT2D eigenvalue weighted by molar-refractivity contribution is 7.99. The lowest BCUT2D eigenvalue weighted by Crippen LogP contribution is -2.24. The molecular weight excluding hydrogens is 454 g/mol. The maximum absolute atomic E-state index is 12.7. The molecule has 1 aliphatic rings. The summed E-state index contributed by atoms with van der Waals surface area (Å²) in [6.45, 7) is 4.25. The van der Waals surface area contributed by atoms with Crippen molar-refractivity contribution in [1.29, 1.82) is 0 Å². The summed E-state index contributed by atoms with van der Waals surface area (Å²) in [4.78, 5) is 12.7. The topological polar surface area (TPSA) is 72.2 Å². The van der Waals surface area contributed by atoms with Gasteiger partial charge in [0.1, 0.15) is 0 Å². The first kappa shape index (κ1) is 23.1. The summed E-state index contributed by atoms with van der Waals surface area (Å²) in [5.74, 6) is 0.767. The van der Waals surface area contributed by atoms with E-state index in [1.165, 1.54) is 28.5 Å². The van der Waals surface area contributed by atoms with E-state index >= 15 is 0 Å². The predicted molar refractivity (Wildman–Crippen MR) is 141 cm³/mol. The van der Waals surface area contributed by atoms with Crippen molar-refractivity contribution < 1.29 is 4.79 Å². The molecule has 0 fully saturated rings. The average molecular weight is 482 g/mol. The highest BCUT2D eigenvalue weighted by atomic mass is 32.2. The van der Waals surface area contributed by atoms with Gasteiger partial charge in [-0.15, -0.1) is 10.2 Å². The van der Waals surface area contributed by atoms with Crippen LogP contribution in [0.2, 0.25) is 0 Å². The van der Waals surface area contributed by atoms with E-state index in [-0.39, 0.29) is 11.7 Å². The summed E-state index contributed by atoms with van der Waals surface area (Å²) < 4.78 is 1.99. The number of para-hydroxylation sites is 1. The molecule has 6 nitrogen and oxygen atoms in total. The third-order valence-corrected chi connectivity index (χ3v) is 7.03. The zero-order valence-corrected chi connectivity index (χ0v) is 20.7. The van der Waals surface area contributed by atoms with E-state index in [9.17, 15) is 4.79 Å². The van der Waals surface area contributed by atoms with Crippen LogP contribution in [0.4, 0.5) is 0 Å². The molecule has 0 bridgehead atoms. The number of benzene rings is 3. The van der Waals surface area contributed by atoms with E-state index in [1.54, 1.807) is 0 Å². The van der Waals surface area contributed by atoms with Crippen molar-refractivity contribution in [2.75, 3.05) is 5.75 Å². The van der Waals surface area contributed by atoms with Crippen LogP contribution in [0.1, 0.15) is 35.1 Å². The quantitative estimate of drug-likeness (QED) is 0.292. The van der Waals surface area contributed by atoms with Crippen LogP contribution in [0.25, 0.3) is 17.1 Å². The molecule has 4 aromatic rings. The van der Waals surface area contributed by atoms with Gasteiger partial charge in [-0.25, -0.2) is 5.43 Å². The summed E-state index contributed by atoms with van der Waals surface area (Å²) in [5, 5.41) is 14.0. The van der Waals surface area contributed by atoms with Crippen molar-refractivity contribution in [2.24, 2.45) is 5.10 Å². The van der Waals surface area contributed by atoms with Crippen molar-refractivity contribution in [3.8, 4) is 17.1 Å². The second-order valence-corrected chi connectivity index (χ2v) is 9.63. The van der Waals surface area contributed by atoms with Crippen molar-refractivity contribution >= 4 is 23.4 Å². The zero-order valence-electron chi connectivity index (χ0n) is 19.9. The van der Waals surface area contributed by atoms with E-state index in [1.807, 2.05) is 65.2 Å². The number of hydrogen-bond donors (Lipinski definition) is 1. The standard InChI is InChI=1S/C28H27N5OS/c1-19-16-20(2)23-14-9-15-25(24(23)17-19)29-30-26(34)18-35-28-32-31-27(21-10-5-3-6-11-21)33(28)22-12-7-4-8-13-22/h3-8,10-13,16-17H,9,14-15,18H2,1-2H3,(H,30,34)/b29-25-. The van der Waals surface area contributed by atoms with Crippen LogP contribution in [0.5, 0.6) is 0 Å². The van der Waals surface area contributed by atoms with Gasteiger partial charge in [-0.3, -0.25) is 9.36 Å². The Morgan fingerprint density at radius 1 is 1.00 bits per heavy atom. The van der Waals surface area contributed by atoms with Crippen LogP contribution in [-0.4, -0.2) is 32.1 Å². The normalized spacial score (nSPS) is 14.1. The number of amides is 1. The van der Waals surface area contributed by atoms with Gasteiger partial charge >= 0.3 is 0 Å². The van der Waals surface area contributed by atoms with E-state index < -0.39 is 0 Å². The number of thioether (sulfide) groups is 1. The Morgan fingerprint density at radius 3 is 2.51 bits per heavy atom. The van der Waals surface area contributed by atoms with Crippen LogP contribution in [0, 0.1) is 13.8 Å². The summed E-state index contributed by atoms with van der Waals surface area (Å²) >= 11 is 1.35. The lowest BCUT2D eigenvalue weighted by molar-refractivity contribution is -0.118. The number of aryl methyl sites for hydroxylation is 2. The summed E-state index contributed by atoms with van der Waals surface area (Å²) in [7, 11) is 0. The van der Waals surface area contributed by atoms with Crippen LogP contribution in [-0.2, 0) is 11.2 Å². The van der Waals surface area contributed by atoms with Crippen molar-refractivity contribution in [2.45, 2.75) is 38.3 Å². The third-order valence-electron chi connectivity index (χ3n) is 6.10. The molecule has 1 N–H and O–H groups in total. The van der Waals surface area contributed by atoms with Crippen LogP contribution >= 0.6 is 11.8 Å². The highest BCUT2D eigenvalue weighted by Crippen LogP contribution is 2.28. The zero-order chi connectivity index (χ0) is 24.2. The monoisotopic (exact) mass is 481 g/mol. The lowest BCUT2D eigenvalue weighted by Gasteiger charge is -2.20. The molecule has 0 radical (unpaired) electrons. The number of nitrogens with one attached hydrogen (secondary N) is 1. The Morgan fingerprint density at radius 2 is 1.74 bits per heavy atom. The molecule has 0 aliphatic heterocycles. The number of rotatable bonds is 6. The SMILES string of the molecule is Cc1cc(C)c2c(c1)/C(=N\NC(=O)CSc1nnc(-c3ccccc3)n1-c1ccccc1)CCC2. The highest BCUT2D eigenvalue weighted by Gasteiger charge is 2.19. The summed E-state index contributed by atoms with van der Waals surface area (Å²) in [5.41, 5.74) is 10.7. The molecule has 176 valence electrons. The van der Waals surface area contributed by atoms with Gasteiger partial charge in [0.2, 0.25) is 0 Å². The molecule has 35 heavy (non-hydrogen) atoms. The molecular formula is C28H27N5OS. The first-order chi connectivity index (χ1) is 17.1. The van der Waals surface area contributed by atoms with E-state index in [0.717, 1.165) is 47.6 Å². The minimum Gasteiger partial charge on any atom is -0.272 e. The fourth-order valence-electron chi connectivity index (χ4n) is 4.51. The van der Waals surface area contributed by atoms with Gasteiger partial charge in [0.15, 0.2) is 11.0 Å². The number of carbonyl (C=O) groups excluding carboxylic acids is 1. The van der Waals surface area contributed by atoms with Gasteiger partial charge in [-0.2, -0.15) is 5.10 Å². The smallest absolute Gasteiger partial charge is 0.250 e. The lowest BCUT2D eigenvalue weighted by atomic mass is 9.86. The fraction of sp³-hybridized carbons (Fsp3) is 0.214. The van der Waals surface area contributed by atoms with Crippen molar-refractivity contribution in [1.82, 2.24) is 20.2 Å². The van der Waals surface area contributed by atoms with Crippen LogP contribution < -0.4 is 5.43 Å². The molecule has 1 heterocycles. The van der Waals surface area contributed by atoms with E-state index in [0.29, 0.717) is 5.16 Å². The van der Waals surface area contributed by atoms with Gasteiger partial charge < -0.3 is 0 Å². The predicted octanol–water partition coefficient (Wildman–Crippen LogP) is 5.50. The molecule has 5 rings (SSSR count). The molecule has 0 spiro atoms. The second-order valence-electron chi connectivity index (χ2n) is 8.69. The summed E-state index contributed by atoms with van der Waals surface area (Å²) in [6.07, 6.45) is 2.97. The Kier molecular flexibility index (Phi) is 6.77. The number of fused-ring (bicyclic) bond motifs is 1. The molecule has 1 aliphatic carbocycles. The Bertz CT molecular complexity index is 1380. The third kappa shape index (κ3) is 5.05. The number of carbonyl (C=O) groups is 1. The molecule has 0 saturated carbocycles.